The Morgan fingerprint density at radius 1 is 1.04 bits per heavy atom. The van der Waals surface area contributed by atoms with E-state index < -0.39 is 18.9 Å². The molecule has 156 valence electrons. The van der Waals surface area contributed by atoms with Crippen molar-refractivity contribution in [2.75, 3.05) is 11.9 Å². The number of anilines is 1. The van der Waals surface area contributed by atoms with Crippen LogP contribution in [0.3, 0.4) is 0 Å². The highest BCUT2D eigenvalue weighted by atomic mass is 19.4. The van der Waals surface area contributed by atoms with Crippen LogP contribution < -0.4 is 10.1 Å². The van der Waals surface area contributed by atoms with Gasteiger partial charge in [-0.2, -0.15) is 0 Å². The van der Waals surface area contributed by atoms with Gasteiger partial charge in [0.05, 0.1) is 5.92 Å². The van der Waals surface area contributed by atoms with E-state index in [4.69, 9.17) is 4.74 Å². The lowest BCUT2D eigenvalue weighted by atomic mass is 9.70. The largest absolute Gasteiger partial charge is 0.573 e. The SMILES string of the molecule is CC(C)(C)C1CCC(C(=O)OCC(=O)Nc2ccc(OC(F)(F)F)cc2)CC1. The summed E-state index contributed by atoms with van der Waals surface area (Å²) in [5.74, 6) is -0.935. The maximum absolute atomic E-state index is 12.2. The highest BCUT2D eigenvalue weighted by molar-refractivity contribution is 5.92. The van der Waals surface area contributed by atoms with Gasteiger partial charge in [0.15, 0.2) is 6.61 Å². The Bertz CT molecular complexity index is 672. The van der Waals surface area contributed by atoms with Crippen molar-refractivity contribution in [3.63, 3.8) is 0 Å². The summed E-state index contributed by atoms with van der Waals surface area (Å²) in [7, 11) is 0. The van der Waals surface area contributed by atoms with Crippen LogP contribution in [0.2, 0.25) is 0 Å². The first kappa shape index (κ1) is 22.0. The molecule has 1 aliphatic rings. The number of esters is 1. The van der Waals surface area contributed by atoms with Gasteiger partial charge in [-0.3, -0.25) is 9.59 Å². The highest BCUT2D eigenvalue weighted by Gasteiger charge is 2.33. The molecule has 1 aromatic carbocycles. The number of nitrogens with one attached hydrogen (secondary N) is 1. The molecule has 5 nitrogen and oxygen atoms in total. The second-order valence-electron chi connectivity index (χ2n) is 8.14. The summed E-state index contributed by atoms with van der Waals surface area (Å²) in [6, 6.07) is 4.72. The molecule has 1 amide bonds. The first-order chi connectivity index (χ1) is 12.9. The minimum Gasteiger partial charge on any atom is -0.455 e. The molecule has 8 heteroatoms. The van der Waals surface area contributed by atoms with E-state index in [2.05, 4.69) is 30.8 Å². The van der Waals surface area contributed by atoms with Gasteiger partial charge in [-0.25, -0.2) is 0 Å². The van der Waals surface area contributed by atoms with Crippen molar-refractivity contribution in [2.24, 2.45) is 17.3 Å². The summed E-state index contributed by atoms with van der Waals surface area (Å²) in [5.41, 5.74) is 0.497. The zero-order valence-electron chi connectivity index (χ0n) is 16.3. The summed E-state index contributed by atoms with van der Waals surface area (Å²) in [4.78, 5) is 24.1. The lowest BCUT2D eigenvalue weighted by Gasteiger charge is -2.36. The predicted octanol–water partition coefficient (Wildman–Crippen LogP) is 4.92. The van der Waals surface area contributed by atoms with Crippen LogP contribution in [0.4, 0.5) is 18.9 Å². The normalized spacial score (nSPS) is 20.4. The molecule has 28 heavy (non-hydrogen) atoms. The molecular weight excluding hydrogens is 375 g/mol. The molecule has 1 fully saturated rings. The topological polar surface area (TPSA) is 64.6 Å². The number of alkyl halides is 3. The Morgan fingerprint density at radius 3 is 2.11 bits per heavy atom. The van der Waals surface area contributed by atoms with E-state index in [9.17, 15) is 22.8 Å². The van der Waals surface area contributed by atoms with E-state index in [0.29, 0.717) is 5.92 Å². The Kier molecular flexibility index (Phi) is 6.96. The molecule has 1 aromatic rings. The molecule has 0 aliphatic heterocycles. The smallest absolute Gasteiger partial charge is 0.455 e. The lowest BCUT2D eigenvalue weighted by Crippen LogP contribution is -2.31. The van der Waals surface area contributed by atoms with E-state index in [1.807, 2.05) is 0 Å². The van der Waals surface area contributed by atoms with Crippen molar-refractivity contribution in [3.8, 4) is 5.75 Å². The van der Waals surface area contributed by atoms with Crippen molar-refractivity contribution < 1.29 is 32.2 Å². The fraction of sp³-hybridized carbons (Fsp3) is 0.600. The lowest BCUT2D eigenvalue weighted by molar-refractivity contribution is -0.274. The van der Waals surface area contributed by atoms with Gasteiger partial charge >= 0.3 is 12.3 Å². The molecule has 0 heterocycles. The number of carbonyl (C=O) groups is 2. The van der Waals surface area contributed by atoms with E-state index in [1.165, 1.54) is 12.1 Å². The van der Waals surface area contributed by atoms with Crippen LogP contribution >= 0.6 is 0 Å². The highest BCUT2D eigenvalue weighted by Crippen LogP contribution is 2.40. The van der Waals surface area contributed by atoms with Crippen LogP contribution in [0.1, 0.15) is 46.5 Å². The molecule has 0 radical (unpaired) electrons. The van der Waals surface area contributed by atoms with Gasteiger partial charge in [0, 0.05) is 5.69 Å². The van der Waals surface area contributed by atoms with Crippen LogP contribution in [0.5, 0.6) is 5.75 Å². The van der Waals surface area contributed by atoms with Crippen molar-refractivity contribution >= 4 is 17.6 Å². The number of halogens is 3. The van der Waals surface area contributed by atoms with Crippen LogP contribution in [0, 0.1) is 17.3 Å². The summed E-state index contributed by atoms with van der Waals surface area (Å²) in [5, 5.41) is 2.46. The minimum atomic E-state index is -4.77. The number of rotatable bonds is 5. The molecule has 0 atom stereocenters. The summed E-state index contributed by atoms with van der Waals surface area (Å²) < 4.78 is 45.2. The number of hydrogen-bond acceptors (Lipinski definition) is 4. The molecule has 0 spiro atoms. The van der Waals surface area contributed by atoms with Crippen molar-refractivity contribution in [3.05, 3.63) is 24.3 Å². The fourth-order valence-corrected chi connectivity index (χ4v) is 3.39. The quantitative estimate of drug-likeness (QED) is 0.712. The second-order valence-corrected chi connectivity index (χ2v) is 8.14. The van der Waals surface area contributed by atoms with Gasteiger partial charge in [-0.1, -0.05) is 20.8 Å². The average Bonchev–Trinajstić information content (AvgIpc) is 2.59. The van der Waals surface area contributed by atoms with Crippen molar-refractivity contribution in [1.29, 1.82) is 0 Å². The fourth-order valence-electron chi connectivity index (χ4n) is 3.39. The van der Waals surface area contributed by atoms with Gasteiger partial charge in [-0.05, 0) is 61.3 Å². The van der Waals surface area contributed by atoms with E-state index >= 15 is 0 Å². The first-order valence-electron chi connectivity index (χ1n) is 9.26. The third kappa shape index (κ3) is 7.05. The molecule has 1 saturated carbocycles. The van der Waals surface area contributed by atoms with Crippen LogP contribution in [0.25, 0.3) is 0 Å². The molecule has 0 bridgehead atoms. The van der Waals surface area contributed by atoms with Gasteiger partial charge in [0.2, 0.25) is 0 Å². The maximum atomic E-state index is 12.2. The molecular formula is C20H26F3NO4. The number of amides is 1. The molecule has 0 unspecified atom stereocenters. The summed E-state index contributed by atoms with van der Waals surface area (Å²) >= 11 is 0. The number of hydrogen-bond donors (Lipinski definition) is 1. The van der Waals surface area contributed by atoms with Crippen molar-refractivity contribution in [1.82, 2.24) is 0 Å². The molecule has 2 rings (SSSR count). The van der Waals surface area contributed by atoms with Gasteiger partial charge in [0.25, 0.3) is 5.91 Å². The molecule has 0 aromatic heterocycles. The zero-order chi connectivity index (χ0) is 20.9. The molecule has 1 aliphatic carbocycles. The number of benzene rings is 1. The Hall–Kier alpha value is -2.25. The third-order valence-corrected chi connectivity index (χ3v) is 5.00. The molecule has 0 saturated heterocycles. The minimum absolute atomic E-state index is 0.190. The number of ether oxygens (including phenoxy) is 2. The van der Waals surface area contributed by atoms with Gasteiger partial charge < -0.3 is 14.8 Å². The van der Waals surface area contributed by atoms with Crippen LogP contribution in [-0.4, -0.2) is 24.8 Å². The summed E-state index contributed by atoms with van der Waals surface area (Å²) in [6.45, 7) is 6.16. The average molecular weight is 401 g/mol. The zero-order valence-corrected chi connectivity index (χ0v) is 16.3. The maximum Gasteiger partial charge on any atom is 0.573 e. The monoisotopic (exact) mass is 401 g/mol. The Balaban J connectivity index is 1.74. The van der Waals surface area contributed by atoms with Gasteiger partial charge in [-0.15, -0.1) is 13.2 Å². The van der Waals surface area contributed by atoms with Crippen LogP contribution in [-0.2, 0) is 14.3 Å². The Labute approximate surface area is 162 Å². The van der Waals surface area contributed by atoms with E-state index in [0.717, 1.165) is 37.8 Å². The number of carbonyl (C=O) groups excluding carboxylic acids is 2. The summed E-state index contributed by atoms with van der Waals surface area (Å²) in [6.07, 6.45) is -1.35. The van der Waals surface area contributed by atoms with Gasteiger partial charge in [0.1, 0.15) is 5.75 Å². The predicted molar refractivity (Wildman–Crippen MR) is 97.6 cm³/mol. The van der Waals surface area contributed by atoms with E-state index in [1.54, 1.807) is 0 Å². The van der Waals surface area contributed by atoms with E-state index in [-0.39, 0.29) is 28.7 Å². The third-order valence-electron chi connectivity index (χ3n) is 5.00. The van der Waals surface area contributed by atoms with Crippen molar-refractivity contribution in [2.45, 2.75) is 52.8 Å². The first-order valence-corrected chi connectivity index (χ1v) is 9.26. The van der Waals surface area contributed by atoms with Crippen LogP contribution in [0.15, 0.2) is 24.3 Å². The Morgan fingerprint density at radius 2 is 1.61 bits per heavy atom. The second kappa shape index (κ2) is 8.84. The molecule has 1 N–H and O–H groups in total. The standard InChI is InChI=1S/C20H26F3NO4/c1-19(2,3)14-6-4-13(5-7-14)18(26)27-12-17(25)24-15-8-10-16(11-9-15)28-20(21,22)23/h8-11,13-14H,4-7,12H2,1-3H3,(H,24,25).